The summed E-state index contributed by atoms with van der Waals surface area (Å²) in [4.78, 5) is 14.8. The van der Waals surface area contributed by atoms with Crippen molar-refractivity contribution in [2.75, 3.05) is 46.1 Å². The van der Waals surface area contributed by atoms with E-state index >= 15 is 0 Å². The lowest BCUT2D eigenvalue weighted by molar-refractivity contribution is -0.124. The van der Waals surface area contributed by atoms with Gasteiger partial charge in [0.1, 0.15) is 6.04 Å². The molecule has 128 valence electrons. The highest BCUT2D eigenvalue weighted by atomic mass is 16.5. The molecule has 1 aromatic rings. The summed E-state index contributed by atoms with van der Waals surface area (Å²) in [7, 11) is 0. The Bertz CT molecular complexity index is 482. The average molecular weight is 322 g/mol. The third-order valence-corrected chi connectivity index (χ3v) is 4.81. The van der Waals surface area contributed by atoms with Crippen molar-refractivity contribution in [3.05, 3.63) is 18.5 Å². The maximum absolute atomic E-state index is 12.4. The standard InChI is InChI=1S/C16H26N4O3/c1-13(20-5-2-4-18-20)16(21)17-11-15(14-3-8-23-12-14)19-6-9-22-10-7-19/h2,4-5,13-15H,3,6-12H2,1H3,(H,17,21)/t13-,14-,15-/m1/s1. The summed E-state index contributed by atoms with van der Waals surface area (Å²) < 4.78 is 12.7. The maximum atomic E-state index is 12.4. The Kier molecular flexibility index (Phi) is 5.64. The van der Waals surface area contributed by atoms with Crippen LogP contribution in [0.2, 0.25) is 0 Å². The van der Waals surface area contributed by atoms with Crippen LogP contribution in [0.15, 0.2) is 18.5 Å². The first-order valence-corrected chi connectivity index (χ1v) is 8.42. The number of carbonyl (C=O) groups is 1. The lowest BCUT2D eigenvalue weighted by atomic mass is 9.96. The number of rotatable bonds is 6. The van der Waals surface area contributed by atoms with E-state index < -0.39 is 0 Å². The van der Waals surface area contributed by atoms with E-state index in [1.54, 1.807) is 10.9 Å². The van der Waals surface area contributed by atoms with Crippen molar-refractivity contribution in [2.45, 2.75) is 25.4 Å². The van der Waals surface area contributed by atoms with Gasteiger partial charge >= 0.3 is 0 Å². The molecule has 1 amide bonds. The van der Waals surface area contributed by atoms with E-state index in [0.717, 1.165) is 45.9 Å². The Balaban J connectivity index is 1.58. The summed E-state index contributed by atoms with van der Waals surface area (Å²) >= 11 is 0. The molecule has 23 heavy (non-hydrogen) atoms. The highest BCUT2D eigenvalue weighted by Gasteiger charge is 2.32. The average Bonchev–Trinajstić information content (AvgIpc) is 3.29. The second-order valence-corrected chi connectivity index (χ2v) is 6.25. The van der Waals surface area contributed by atoms with E-state index in [0.29, 0.717) is 18.5 Å². The van der Waals surface area contributed by atoms with Crippen LogP contribution >= 0.6 is 0 Å². The first kappa shape index (κ1) is 16.4. The van der Waals surface area contributed by atoms with Crippen LogP contribution in [0, 0.1) is 5.92 Å². The largest absolute Gasteiger partial charge is 0.381 e. The molecule has 0 spiro atoms. The van der Waals surface area contributed by atoms with Gasteiger partial charge in [-0.25, -0.2) is 0 Å². The van der Waals surface area contributed by atoms with E-state index in [-0.39, 0.29) is 11.9 Å². The lowest BCUT2D eigenvalue weighted by Gasteiger charge is -2.37. The Morgan fingerprint density at radius 2 is 2.17 bits per heavy atom. The fourth-order valence-electron chi connectivity index (χ4n) is 3.34. The molecule has 1 aromatic heterocycles. The van der Waals surface area contributed by atoms with E-state index in [2.05, 4.69) is 15.3 Å². The minimum Gasteiger partial charge on any atom is -0.381 e. The van der Waals surface area contributed by atoms with E-state index in [9.17, 15) is 4.79 Å². The van der Waals surface area contributed by atoms with Gasteiger partial charge in [0, 0.05) is 50.6 Å². The first-order valence-electron chi connectivity index (χ1n) is 8.42. The van der Waals surface area contributed by atoms with E-state index in [1.165, 1.54) is 0 Å². The SMILES string of the molecule is C[C@H](C(=O)NC[C@H]([C@@H]1CCOC1)N1CCOCC1)n1cccn1. The van der Waals surface area contributed by atoms with Crippen LogP contribution in [0.25, 0.3) is 0 Å². The van der Waals surface area contributed by atoms with Gasteiger partial charge in [-0.1, -0.05) is 0 Å². The summed E-state index contributed by atoms with van der Waals surface area (Å²) in [6.45, 7) is 7.50. The molecule has 0 bridgehead atoms. The monoisotopic (exact) mass is 322 g/mol. The highest BCUT2D eigenvalue weighted by Crippen LogP contribution is 2.22. The summed E-state index contributed by atoms with van der Waals surface area (Å²) in [6.07, 6.45) is 4.57. The van der Waals surface area contributed by atoms with Crippen LogP contribution < -0.4 is 5.32 Å². The molecule has 3 heterocycles. The van der Waals surface area contributed by atoms with Crippen molar-refractivity contribution in [2.24, 2.45) is 5.92 Å². The number of nitrogens with zero attached hydrogens (tertiary/aromatic N) is 3. The predicted octanol–water partition coefficient (Wildman–Crippen LogP) is 0.298. The molecular weight excluding hydrogens is 296 g/mol. The molecule has 3 atom stereocenters. The number of amides is 1. The number of carbonyl (C=O) groups excluding carboxylic acids is 1. The Morgan fingerprint density at radius 1 is 1.35 bits per heavy atom. The van der Waals surface area contributed by atoms with Gasteiger partial charge in [-0.3, -0.25) is 14.4 Å². The summed E-state index contributed by atoms with van der Waals surface area (Å²) in [6, 6.07) is 1.85. The highest BCUT2D eigenvalue weighted by molar-refractivity contribution is 5.79. The third kappa shape index (κ3) is 4.10. The van der Waals surface area contributed by atoms with Crippen LogP contribution in [-0.2, 0) is 14.3 Å². The van der Waals surface area contributed by atoms with Gasteiger partial charge < -0.3 is 14.8 Å². The molecule has 2 aliphatic rings. The maximum Gasteiger partial charge on any atom is 0.244 e. The number of aromatic nitrogens is 2. The minimum atomic E-state index is -0.296. The number of hydrogen-bond donors (Lipinski definition) is 1. The summed E-state index contributed by atoms with van der Waals surface area (Å²) in [5, 5.41) is 7.25. The van der Waals surface area contributed by atoms with Crippen molar-refractivity contribution in [1.29, 1.82) is 0 Å². The van der Waals surface area contributed by atoms with Crippen molar-refractivity contribution in [3.63, 3.8) is 0 Å². The minimum absolute atomic E-state index is 0.00544. The van der Waals surface area contributed by atoms with Crippen LogP contribution in [0.4, 0.5) is 0 Å². The molecule has 3 rings (SSSR count). The zero-order valence-electron chi connectivity index (χ0n) is 13.7. The van der Waals surface area contributed by atoms with E-state index in [4.69, 9.17) is 9.47 Å². The molecule has 7 nitrogen and oxygen atoms in total. The van der Waals surface area contributed by atoms with Gasteiger partial charge in [-0.15, -0.1) is 0 Å². The van der Waals surface area contributed by atoms with Crippen molar-refractivity contribution >= 4 is 5.91 Å². The third-order valence-electron chi connectivity index (χ3n) is 4.81. The molecule has 0 aromatic carbocycles. The van der Waals surface area contributed by atoms with Gasteiger partial charge in [-0.05, 0) is 19.4 Å². The van der Waals surface area contributed by atoms with Crippen molar-refractivity contribution < 1.29 is 14.3 Å². The molecular formula is C16H26N4O3. The number of morpholine rings is 1. The molecule has 2 aliphatic heterocycles. The van der Waals surface area contributed by atoms with Crippen LogP contribution in [-0.4, -0.2) is 72.7 Å². The number of ether oxygens (including phenoxy) is 2. The van der Waals surface area contributed by atoms with Gasteiger partial charge in [0.15, 0.2) is 0 Å². The van der Waals surface area contributed by atoms with Crippen molar-refractivity contribution in [1.82, 2.24) is 20.0 Å². The van der Waals surface area contributed by atoms with Gasteiger partial charge in [0.25, 0.3) is 0 Å². The van der Waals surface area contributed by atoms with Crippen molar-refractivity contribution in [3.8, 4) is 0 Å². The van der Waals surface area contributed by atoms with E-state index in [1.807, 2.05) is 19.2 Å². The predicted molar refractivity (Wildman–Crippen MR) is 85.1 cm³/mol. The molecule has 7 heteroatoms. The van der Waals surface area contributed by atoms with Gasteiger partial charge in [0.2, 0.25) is 5.91 Å². The zero-order chi connectivity index (χ0) is 16.1. The Labute approximate surface area is 136 Å². The first-order chi connectivity index (χ1) is 11.3. The lowest BCUT2D eigenvalue weighted by Crippen LogP contribution is -2.52. The molecule has 2 fully saturated rings. The fourth-order valence-corrected chi connectivity index (χ4v) is 3.34. The second kappa shape index (κ2) is 7.90. The quantitative estimate of drug-likeness (QED) is 0.816. The number of hydrogen-bond acceptors (Lipinski definition) is 5. The second-order valence-electron chi connectivity index (χ2n) is 6.25. The topological polar surface area (TPSA) is 68.6 Å². The number of nitrogens with one attached hydrogen (secondary N) is 1. The molecule has 2 saturated heterocycles. The molecule has 0 saturated carbocycles. The van der Waals surface area contributed by atoms with Crippen LogP contribution in [0.3, 0.4) is 0 Å². The summed E-state index contributed by atoms with van der Waals surface area (Å²) in [5.41, 5.74) is 0. The fraction of sp³-hybridized carbons (Fsp3) is 0.750. The molecule has 0 aliphatic carbocycles. The normalized spacial score (nSPS) is 25.2. The summed E-state index contributed by atoms with van der Waals surface area (Å²) in [5.74, 6) is 0.485. The molecule has 1 N–H and O–H groups in total. The Morgan fingerprint density at radius 3 is 2.83 bits per heavy atom. The van der Waals surface area contributed by atoms with Crippen LogP contribution in [0.5, 0.6) is 0 Å². The Hall–Kier alpha value is -1.44. The van der Waals surface area contributed by atoms with Gasteiger partial charge in [0.05, 0.1) is 19.8 Å². The molecule has 0 unspecified atom stereocenters. The zero-order valence-corrected chi connectivity index (χ0v) is 13.7. The van der Waals surface area contributed by atoms with Crippen LogP contribution in [0.1, 0.15) is 19.4 Å². The molecule has 0 radical (unpaired) electrons. The smallest absolute Gasteiger partial charge is 0.244 e. The van der Waals surface area contributed by atoms with Gasteiger partial charge in [-0.2, -0.15) is 5.10 Å².